The quantitative estimate of drug-likeness (QED) is 0.734. The van der Waals surface area contributed by atoms with E-state index in [4.69, 9.17) is 4.74 Å². The molecule has 0 aliphatic heterocycles. The maximum absolute atomic E-state index is 9.17. The Kier molecular flexibility index (Phi) is 5.07. The largest absolute Gasteiger partial charge is 0.393 e. The predicted molar refractivity (Wildman–Crippen MR) is 57.7 cm³/mol. The van der Waals surface area contributed by atoms with Crippen molar-refractivity contribution in [3.8, 4) is 0 Å². The van der Waals surface area contributed by atoms with Gasteiger partial charge < -0.3 is 9.84 Å². The van der Waals surface area contributed by atoms with Crippen molar-refractivity contribution in [3.05, 3.63) is 16.1 Å². The molecule has 0 radical (unpaired) electrons. The van der Waals surface area contributed by atoms with Crippen LogP contribution in [0.4, 0.5) is 0 Å². The van der Waals surface area contributed by atoms with Crippen molar-refractivity contribution in [2.45, 2.75) is 32.3 Å². The first kappa shape index (κ1) is 11.6. The number of aryl methyl sites for hydroxylation is 1. The lowest BCUT2D eigenvalue weighted by molar-refractivity contribution is 0.193. The third kappa shape index (κ3) is 4.17. The predicted octanol–water partition coefficient (Wildman–Crippen LogP) is 1.65. The molecule has 80 valence electrons. The topological polar surface area (TPSA) is 42.4 Å². The molecule has 0 aliphatic rings. The van der Waals surface area contributed by atoms with Gasteiger partial charge in [-0.1, -0.05) is 0 Å². The van der Waals surface area contributed by atoms with Crippen molar-refractivity contribution in [3.63, 3.8) is 0 Å². The highest BCUT2D eigenvalue weighted by molar-refractivity contribution is 7.09. The van der Waals surface area contributed by atoms with Gasteiger partial charge in [-0.25, -0.2) is 4.98 Å². The van der Waals surface area contributed by atoms with E-state index in [1.807, 2.05) is 5.38 Å². The fraction of sp³-hybridized carbons (Fsp3) is 0.700. The summed E-state index contributed by atoms with van der Waals surface area (Å²) in [5.41, 5.74) is 0.998. The Balaban J connectivity index is 2.35. The number of thiazole rings is 1. The van der Waals surface area contributed by atoms with Gasteiger partial charge in [0.1, 0.15) is 0 Å². The normalized spacial score (nSPS) is 13.1. The average Bonchev–Trinajstić information content (AvgIpc) is 2.52. The Hall–Kier alpha value is -0.450. The van der Waals surface area contributed by atoms with Gasteiger partial charge in [0.15, 0.2) is 0 Å². The van der Waals surface area contributed by atoms with E-state index in [-0.39, 0.29) is 6.10 Å². The molecule has 0 bridgehead atoms. The van der Waals surface area contributed by atoms with Crippen LogP contribution in [0.15, 0.2) is 5.38 Å². The number of methoxy groups -OCH3 is 1. The summed E-state index contributed by atoms with van der Waals surface area (Å²) in [6.45, 7) is 2.56. The van der Waals surface area contributed by atoms with Gasteiger partial charge in [0.05, 0.1) is 16.8 Å². The van der Waals surface area contributed by atoms with Crippen LogP contribution in [0.3, 0.4) is 0 Å². The van der Waals surface area contributed by atoms with Crippen molar-refractivity contribution in [2.24, 2.45) is 0 Å². The summed E-state index contributed by atoms with van der Waals surface area (Å²) in [6.07, 6.45) is 2.33. The Morgan fingerprint density at radius 3 is 3.07 bits per heavy atom. The van der Waals surface area contributed by atoms with Gasteiger partial charge in [0.2, 0.25) is 0 Å². The van der Waals surface area contributed by atoms with Crippen LogP contribution in [-0.2, 0) is 17.6 Å². The van der Waals surface area contributed by atoms with Crippen LogP contribution in [0.2, 0.25) is 0 Å². The molecule has 0 spiro atoms. The second kappa shape index (κ2) is 6.11. The molecule has 1 rings (SSSR count). The second-order valence-corrected chi connectivity index (χ2v) is 4.32. The number of hydrogen-bond donors (Lipinski definition) is 1. The molecule has 0 aromatic carbocycles. The van der Waals surface area contributed by atoms with Gasteiger partial charge in [0.25, 0.3) is 0 Å². The number of aliphatic hydroxyl groups is 1. The minimum absolute atomic E-state index is 0.302. The lowest BCUT2D eigenvalue weighted by Gasteiger charge is -1.99. The second-order valence-electron chi connectivity index (χ2n) is 3.38. The minimum Gasteiger partial charge on any atom is -0.393 e. The summed E-state index contributed by atoms with van der Waals surface area (Å²) in [5, 5.41) is 12.3. The Morgan fingerprint density at radius 1 is 1.64 bits per heavy atom. The first-order valence-electron chi connectivity index (χ1n) is 4.82. The third-order valence-electron chi connectivity index (χ3n) is 1.84. The Labute approximate surface area is 88.8 Å². The molecule has 0 aliphatic carbocycles. The molecule has 4 heteroatoms. The molecule has 0 fully saturated rings. The molecular weight excluding hydrogens is 198 g/mol. The van der Waals surface area contributed by atoms with Gasteiger partial charge in [-0.3, -0.25) is 0 Å². The third-order valence-corrected chi connectivity index (χ3v) is 2.80. The van der Waals surface area contributed by atoms with Crippen LogP contribution in [0.25, 0.3) is 0 Å². The highest BCUT2D eigenvalue weighted by atomic mass is 32.1. The van der Waals surface area contributed by atoms with Crippen molar-refractivity contribution in [1.82, 2.24) is 4.98 Å². The lowest BCUT2D eigenvalue weighted by Crippen LogP contribution is -2.04. The van der Waals surface area contributed by atoms with Gasteiger partial charge in [0, 0.05) is 31.9 Å². The summed E-state index contributed by atoms with van der Waals surface area (Å²) in [5.74, 6) is 0. The highest BCUT2D eigenvalue weighted by Crippen LogP contribution is 2.13. The number of rotatable bonds is 6. The fourth-order valence-electron chi connectivity index (χ4n) is 1.23. The summed E-state index contributed by atoms with van der Waals surface area (Å²) in [7, 11) is 1.71. The zero-order chi connectivity index (χ0) is 10.4. The lowest BCUT2D eigenvalue weighted by atomic mass is 10.2. The van der Waals surface area contributed by atoms with Crippen LogP contribution in [0.1, 0.15) is 24.0 Å². The number of hydrogen-bond acceptors (Lipinski definition) is 4. The van der Waals surface area contributed by atoms with E-state index >= 15 is 0 Å². The maximum Gasteiger partial charge on any atom is 0.0929 e. The Bertz CT molecular complexity index is 260. The number of ether oxygens (including phenoxy) is 1. The minimum atomic E-state index is -0.302. The molecule has 1 aromatic heterocycles. The number of aromatic nitrogens is 1. The number of nitrogens with zero attached hydrogens (tertiary/aromatic N) is 1. The molecule has 0 amide bonds. The van der Waals surface area contributed by atoms with E-state index < -0.39 is 0 Å². The SMILES string of the molecule is COCCCc1nc(CC(C)O)cs1. The summed E-state index contributed by atoms with van der Waals surface area (Å²) < 4.78 is 4.97. The Morgan fingerprint density at radius 2 is 2.43 bits per heavy atom. The monoisotopic (exact) mass is 215 g/mol. The molecule has 0 saturated heterocycles. The van der Waals surface area contributed by atoms with Gasteiger partial charge in [-0.2, -0.15) is 0 Å². The van der Waals surface area contributed by atoms with Crippen molar-refractivity contribution < 1.29 is 9.84 Å². The zero-order valence-electron chi connectivity index (χ0n) is 8.69. The van der Waals surface area contributed by atoms with Crippen LogP contribution in [0, 0.1) is 0 Å². The van der Waals surface area contributed by atoms with Crippen LogP contribution >= 0.6 is 11.3 Å². The fourth-order valence-corrected chi connectivity index (χ4v) is 2.08. The van der Waals surface area contributed by atoms with Crippen LogP contribution in [-0.4, -0.2) is 29.9 Å². The van der Waals surface area contributed by atoms with Gasteiger partial charge in [-0.05, 0) is 13.3 Å². The van der Waals surface area contributed by atoms with Crippen LogP contribution in [0.5, 0.6) is 0 Å². The van der Waals surface area contributed by atoms with Crippen molar-refractivity contribution >= 4 is 11.3 Å². The first-order chi connectivity index (χ1) is 6.72. The maximum atomic E-state index is 9.17. The van der Waals surface area contributed by atoms with E-state index in [2.05, 4.69) is 4.98 Å². The molecule has 1 heterocycles. The smallest absolute Gasteiger partial charge is 0.0929 e. The van der Waals surface area contributed by atoms with Crippen LogP contribution < -0.4 is 0 Å². The highest BCUT2D eigenvalue weighted by Gasteiger charge is 2.04. The van der Waals surface area contributed by atoms with E-state index in [1.54, 1.807) is 25.4 Å². The van der Waals surface area contributed by atoms with E-state index in [0.717, 1.165) is 30.2 Å². The average molecular weight is 215 g/mol. The van der Waals surface area contributed by atoms with Crippen molar-refractivity contribution in [2.75, 3.05) is 13.7 Å². The first-order valence-corrected chi connectivity index (χ1v) is 5.70. The zero-order valence-corrected chi connectivity index (χ0v) is 9.51. The van der Waals surface area contributed by atoms with Gasteiger partial charge >= 0.3 is 0 Å². The summed E-state index contributed by atoms with van der Waals surface area (Å²) in [4.78, 5) is 4.43. The standard InChI is InChI=1S/C10H17NO2S/c1-8(12)6-9-7-14-10(11-9)4-3-5-13-2/h7-8,12H,3-6H2,1-2H3. The summed E-state index contributed by atoms with van der Waals surface area (Å²) >= 11 is 1.66. The molecule has 3 nitrogen and oxygen atoms in total. The number of aliphatic hydroxyl groups excluding tert-OH is 1. The molecule has 1 N–H and O–H groups in total. The van der Waals surface area contributed by atoms with E-state index in [9.17, 15) is 5.11 Å². The molecule has 1 unspecified atom stereocenters. The van der Waals surface area contributed by atoms with E-state index in [1.165, 1.54) is 0 Å². The van der Waals surface area contributed by atoms with Crippen molar-refractivity contribution in [1.29, 1.82) is 0 Å². The molecule has 1 atom stereocenters. The molecule has 1 aromatic rings. The molecular formula is C10H17NO2S. The van der Waals surface area contributed by atoms with Gasteiger partial charge in [-0.15, -0.1) is 11.3 Å². The molecule has 14 heavy (non-hydrogen) atoms. The van der Waals surface area contributed by atoms with E-state index in [0.29, 0.717) is 6.42 Å². The molecule has 0 saturated carbocycles. The summed E-state index contributed by atoms with van der Waals surface area (Å²) in [6, 6.07) is 0.